The van der Waals surface area contributed by atoms with Crippen molar-refractivity contribution >= 4 is 0 Å². The number of rotatable bonds is 4. The maximum atomic E-state index is 14.2. The van der Waals surface area contributed by atoms with E-state index >= 15 is 0 Å². The molecular weight excluding hydrogens is 370 g/mol. The molecule has 1 aromatic heterocycles. The Morgan fingerprint density at radius 3 is 2.54 bits per heavy atom. The standard InChI is InChI=1S/C21H19F4N3/c22-14-6-7-15(20(25)9-14)16-10-26-27-21(16)13-3-2-8-28(11-13)12-17-18(23)4-1-5-19(17)24/h1,4-7,9-10,13H,2-3,8,11-12H2,(H,26,27). The van der Waals surface area contributed by atoms with E-state index in [-0.39, 0.29) is 23.6 Å². The number of benzene rings is 2. The normalized spacial score (nSPS) is 17.8. The van der Waals surface area contributed by atoms with Crippen LogP contribution in [0.25, 0.3) is 11.1 Å². The SMILES string of the molecule is Fc1ccc(-c2cn[nH]c2C2CCCN(Cc3c(F)cccc3F)C2)c(F)c1. The molecule has 4 rings (SSSR count). The Morgan fingerprint density at radius 1 is 1.00 bits per heavy atom. The number of hydrogen-bond donors (Lipinski definition) is 1. The molecule has 1 atom stereocenters. The van der Waals surface area contributed by atoms with E-state index in [4.69, 9.17) is 0 Å². The van der Waals surface area contributed by atoms with E-state index in [1.807, 2.05) is 4.90 Å². The highest BCUT2D eigenvalue weighted by Gasteiger charge is 2.27. The molecule has 3 nitrogen and oxygen atoms in total. The van der Waals surface area contributed by atoms with E-state index in [0.717, 1.165) is 31.1 Å². The molecule has 3 aromatic rings. The Balaban J connectivity index is 1.57. The van der Waals surface area contributed by atoms with E-state index in [1.54, 1.807) is 0 Å². The fraction of sp³-hybridized carbons (Fsp3) is 0.286. The monoisotopic (exact) mass is 389 g/mol. The van der Waals surface area contributed by atoms with Gasteiger partial charge < -0.3 is 0 Å². The first-order chi connectivity index (χ1) is 13.5. The van der Waals surface area contributed by atoms with Gasteiger partial charge in [0, 0.05) is 47.5 Å². The van der Waals surface area contributed by atoms with Crippen molar-refractivity contribution in [1.29, 1.82) is 0 Å². The summed E-state index contributed by atoms with van der Waals surface area (Å²) in [5, 5.41) is 6.99. The molecule has 7 heteroatoms. The largest absolute Gasteiger partial charge is 0.298 e. The summed E-state index contributed by atoms with van der Waals surface area (Å²) in [7, 11) is 0. The molecule has 1 aliphatic heterocycles. The number of aromatic nitrogens is 2. The minimum absolute atomic E-state index is 0.00513. The second-order valence-corrected chi connectivity index (χ2v) is 7.10. The van der Waals surface area contributed by atoms with Gasteiger partial charge in [-0.2, -0.15) is 5.10 Å². The molecule has 1 aliphatic rings. The average Bonchev–Trinajstić information content (AvgIpc) is 3.15. The zero-order valence-corrected chi connectivity index (χ0v) is 15.1. The summed E-state index contributed by atoms with van der Waals surface area (Å²) >= 11 is 0. The quantitative estimate of drug-likeness (QED) is 0.636. The van der Waals surface area contributed by atoms with Crippen LogP contribution in [0.15, 0.2) is 42.6 Å². The van der Waals surface area contributed by atoms with Crippen LogP contribution in [0.5, 0.6) is 0 Å². The van der Waals surface area contributed by atoms with Crippen molar-refractivity contribution in [3.8, 4) is 11.1 Å². The van der Waals surface area contributed by atoms with Crippen LogP contribution in [0.1, 0.15) is 30.0 Å². The first kappa shape index (κ1) is 18.7. The van der Waals surface area contributed by atoms with Gasteiger partial charge in [-0.1, -0.05) is 6.07 Å². The number of nitrogens with zero attached hydrogens (tertiary/aromatic N) is 2. The molecule has 28 heavy (non-hydrogen) atoms. The van der Waals surface area contributed by atoms with Crippen LogP contribution in [0.4, 0.5) is 17.6 Å². The zero-order chi connectivity index (χ0) is 19.7. The van der Waals surface area contributed by atoms with E-state index < -0.39 is 23.3 Å². The molecule has 0 radical (unpaired) electrons. The number of hydrogen-bond acceptors (Lipinski definition) is 2. The first-order valence-corrected chi connectivity index (χ1v) is 9.17. The van der Waals surface area contributed by atoms with Crippen molar-refractivity contribution in [3.05, 3.63) is 77.1 Å². The van der Waals surface area contributed by atoms with Crippen molar-refractivity contribution in [2.45, 2.75) is 25.3 Å². The molecule has 2 aromatic carbocycles. The molecule has 1 N–H and O–H groups in total. The lowest BCUT2D eigenvalue weighted by Gasteiger charge is -2.32. The summed E-state index contributed by atoms with van der Waals surface area (Å²) in [6.45, 7) is 1.45. The fourth-order valence-corrected chi connectivity index (χ4v) is 3.87. The van der Waals surface area contributed by atoms with Crippen LogP contribution in [0, 0.1) is 23.3 Å². The lowest BCUT2D eigenvalue weighted by atomic mass is 9.90. The molecule has 0 aliphatic carbocycles. The summed E-state index contributed by atoms with van der Waals surface area (Å²) < 4.78 is 55.4. The maximum Gasteiger partial charge on any atom is 0.134 e. The molecule has 2 heterocycles. The second-order valence-electron chi connectivity index (χ2n) is 7.10. The Hall–Kier alpha value is -2.67. The van der Waals surface area contributed by atoms with Gasteiger partial charge in [0.1, 0.15) is 23.3 Å². The number of halogens is 4. The number of aromatic amines is 1. The van der Waals surface area contributed by atoms with Crippen molar-refractivity contribution < 1.29 is 17.6 Å². The minimum atomic E-state index is -0.649. The number of piperidine rings is 1. The smallest absolute Gasteiger partial charge is 0.134 e. The molecule has 0 saturated carbocycles. The Bertz CT molecular complexity index is 965. The highest BCUT2D eigenvalue weighted by atomic mass is 19.1. The lowest BCUT2D eigenvalue weighted by Crippen LogP contribution is -2.34. The Morgan fingerprint density at radius 2 is 1.79 bits per heavy atom. The minimum Gasteiger partial charge on any atom is -0.298 e. The summed E-state index contributed by atoms with van der Waals surface area (Å²) in [4.78, 5) is 1.99. The van der Waals surface area contributed by atoms with E-state index in [0.29, 0.717) is 12.1 Å². The van der Waals surface area contributed by atoms with Crippen molar-refractivity contribution in [3.63, 3.8) is 0 Å². The molecule has 1 fully saturated rings. The molecule has 0 bridgehead atoms. The van der Waals surface area contributed by atoms with Gasteiger partial charge in [-0.15, -0.1) is 0 Å². The third-order valence-corrected chi connectivity index (χ3v) is 5.25. The Kier molecular flexibility index (Phi) is 5.17. The molecule has 1 saturated heterocycles. The average molecular weight is 389 g/mol. The van der Waals surface area contributed by atoms with E-state index in [1.165, 1.54) is 36.5 Å². The van der Waals surface area contributed by atoms with Gasteiger partial charge in [-0.3, -0.25) is 10.00 Å². The van der Waals surface area contributed by atoms with Gasteiger partial charge in [-0.25, -0.2) is 17.6 Å². The topological polar surface area (TPSA) is 31.9 Å². The van der Waals surface area contributed by atoms with Gasteiger partial charge in [-0.05, 0) is 43.7 Å². The number of likely N-dealkylation sites (tertiary alicyclic amines) is 1. The predicted molar refractivity (Wildman–Crippen MR) is 97.5 cm³/mol. The third-order valence-electron chi connectivity index (χ3n) is 5.25. The van der Waals surface area contributed by atoms with Gasteiger partial charge >= 0.3 is 0 Å². The van der Waals surface area contributed by atoms with Crippen molar-refractivity contribution in [2.24, 2.45) is 0 Å². The predicted octanol–water partition coefficient (Wildman–Crippen LogP) is 5.01. The van der Waals surface area contributed by atoms with Crippen molar-refractivity contribution in [1.82, 2.24) is 15.1 Å². The third kappa shape index (κ3) is 3.67. The van der Waals surface area contributed by atoms with Crippen LogP contribution >= 0.6 is 0 Å². The van der Waals surface area contributed by atoms with Crippen molar-refractivity contribution in [2.75, 3.05) is 13.1 Å². The maximum absolute atomic E-state index is 14.2. The molecule has 146 valence electrons. The molecule has 1 unspecified atom stereocenters. The molecular formula is C21H19F4N3. The zero-order valence-electron chi connectivity index (χ0n) is 15.1. The second kappa shape index (κ2) is 7.75. The van der Waals surface area contributed by atoms with Crippen LogP contribution < -0.4 is 0 Å². The lowest BCUT2D eigenvalue weighted by molar-refractivity contribution is 0.194. The van der Waals surface area contributed by atoms with Crippen LogP contribution in [-0.2, 0) is 6.54 Å². The van der Waals surface area contributed by atoms with E-state index in [2.05, 4.69) is 10.2 Å². The Labute approximate surface area is 160 Å². The van der Waals surface area contributed by atoms with Crippen LogP contribution in [-0.4, -0.2) is 28.2 Å². The molecule has 0 amide bonds. The summed E-state index contributed by atoms with van der Waals surface area (Å²) in [6.07, 6.45) is 3.21. The van der Waals surface area contributed by atoms with Gasteiger partial charge in [0.05, 0.1) is 6.20 Å². The number of nitrogens with one attached hydrogen (secondary N) is 1. The fourth-order valence-electron chi connectivity index (χ4n) is 3.87. The summed E-state index contributed by atoms with van der Waals surface area (Å²) in [5.74, 6) is -2.40. The number of H-pyrrole nitrogens is 1. The van der Waals surface area contributed by atoms with Gasteiger partial charge in [0.15, 0.2) is 0 Å². The molecule has 0 spiro atoms. The highest BCUT2D eigenvalue weighted by molar-refractivity contribution is 5.66. The summed E-state index contributed by atoms with van der Waals surface area (Å²) in [5.41, 5.74) is 1.67. The van der Waals surface area contributed by atoms with Crippen LogP contribution in [0.3, 0.4) is 0 Å². The van der Waals surface area contributed by atoms with Gasteiger partial charge in [0.25, 0.3) is 0 Å². The van der Waals surface area contributed by atoms with Gasteiger partial charge in [0.2, 0.25) is 0 Å². The summed E-state index contributed by atoms with van der Waals surface area (Å²) in [6, 6.07) is 7.31. The first-order valence-electron chi connectivity index (χ1n) is 9.17. The van der Waals surface area contributed by atoms with E-state index in [9.17, 15) is 17.6 Å². The highest BCUT2D eigenvalue weighted by Crippen LogP contribution is 2.34. The van der Waals surface area contributed by atoms with Crippen LogP contribution in [0.2, 0.25) is 0 Å².